The molecule has 0 atom stereocenters. The van der Waals surface area contributed by atoms with Gasteiger partial charge in [-0.1, -0.05) is 12.1 Å². The van der Waals surface area contributed by atoms with Crippen LogP contribution in [0.2, 0.25) is 0 Å². The van der Waals surface area contributed by atoms with Gasteiger partial charge in [0, 0.05) is 26.2 Å². The number of halogens is 2. The van der Waals surface area contributed by atoms with Crippen molar-refractivity contribution in [1.82, 2.24) is 30.1 Å². The molecule has 0 aliphatic carbocycles. The van der Waals surface area contributed by atoms with Gasteiger partial charge in [-0.15, -0.1) is 29.9 Å². The van der Waals surface area contributed by atoms with E-state index < -0.39 is 0 Å². The van der Waals surface area contributed by atoms with Crippen molar-refractivity contribution in [2.75, 3.05) is 39.8 Å². The number of amides is 1. The third kappa shape index (κ3) is 5.55. The average Bonchev–Trinajstić information content (AvgIpc) is 3.12. The average molecular weight is 407 g/mol. The fourth-order valence-electron chi connectivity index (χ4n) is 3.82. The van der Waals surface area contributed by atoms with Gasteiger partial charge in [0.15, 0.2) is 5.69 Å². The van der Waals surface area contributed by atoms with Crippen molar-refractivity contribution in [2.24, 2.45) is 0 Å². The lowest BCUT2D eigenvalue weighted by molar-refractivity contribution is 0.0637. The van der Waals surface area contributed by atoms with Crippen molar-refractivity contribution in [3.63, 3.8) is 0 Å². The predicted octanol–water partition coefficient (Wildman–Crippen LogP) is 1.99. The molecule has 2 fully saturated rings. The molecule has 0 spiro atoms. The van der Waals surface area contributed by atoms with Gasteiger partial charge in [-0.05, 0) is 51.7 Å². The maximum absolute atomic E-state index is 12.7. The Kier molecular flexibility index (Phi) is 9.85. The van der Waals surface area contributed by atoms with Gasteiger partial charge in [0.1, 0.15) is 0 Å². The van der Waals surface area contributed by atoms with E-state index in [1.807, 2.05) is 22.8 Å². The van der Waals surface area contributed by atoms with Gasteiger partial charge in [-0.2, -0.15) is 0 Å². The van der Waals surface area contributed by atoms with E-state index in [0.29, 0.717) is 17.8 Å². The van der Waals surface area contributed by atoms with Crippen LogP contribution in [0.4, 0.5) is 0 Å². The SMILES string of the molecule is CCCN1CCC(N(C)C(=O)c2cn(C3CCNCC3)nn2)CC1.Cl.Cl. The molecule has 2 saturated heterocycles. The van der Waals surface area contributed by atoms with Crippen LogP contribution in [0.5, 0.6) is 0 Å². The van der Waals surface area contributed by atoms with Crippen LogP contribution < -0.4 is 5.32 Å². The van der Waals surface area contributed by atoms with Crippen molar-refractivity contribution >= 4 is 30.7 Å². The van der Waals surface area contributed by atoms with Gasteiger partial charge in [0.2, 0.25) is 0 Å². The van der Waals surface area contributed by atoms with Crippen LogP contribution in [-0.4, -0.2) is 76.5 Å². The van der Waals surface area contributed by atoms with E-state index >= 15 is 0 Å². The summed E-state index contributed by atoms with van der Waals surface area (Å²) in [7, 11) is 1.91. The Morgan fingerprint density at radius 3 is 2.50 bits per heavy atom. The maximum Gasteiger partial charge on any atom is 0.276 e. The van der Waals surface area contributed by atoms with E-state index in [2.05, 4.69) is 27.5 Å². The Labute approximate surface area is 168 Å². The summed E-state index contributed by atoms with van der Waals surface area (Å²) in [4.78, 5) is 17.1. The van der Waals surface area contributed by atoms with Crippen molar-refractivity contribution < 1.29 is 4.79 Å². The molecule has 150 valence electrons. The Balaban J connectivity index is 0.00000169. The number of carbonyl (C=O) groups is 1. The summed E-state index contributed by atoms with van der Waals surface area (Å²) in [5, 5.41) is 11.7. The van der Waals surface area contributed by atoms with Gasteiger partial charge in [0.05, 0.1) is 12.2 Å². The van der Waals surface area contributed by atoms with Crippen LogP contribution >= 0.6 is 24.8 Å². The van der Waals surface area contributed by atoms with Gasteiger partial charge in [-0.25, -0.2) is 4.68 Å². The highest BCUT2D eigenvalue weighted by atomic mass is 35.5. The molecule has 0 aromatic carbocycles. The summed E-state index contributed by atoms with van der Waals surface area (Å²) in [5.41, 5.74) is 0.479. The molecule has 3 heterocycles. The number of nitrogens with one attached hydrogen (secondary N) is 1. The molecule has 0 saturated carbocycles. The minimum atomic E-state index is 0. The molecular weight excluding hydrogens is 375 g/mol. The lowest BCUT2D eigenvalue weighted by Crippen LogP contribution is -2.45. The number of hydrogen-bond donors (Lipinski definition) is 1. The lowest BCUT2D eigenvalue weighted by Gasteiger charge is -2.36. The summed E-state index contributed by atoms with van der Waals surface area (Å²) in [6.45, 7) is 7.55. The largest absolute Gasteiger partial charge is 0.337 e. The fraction of sp³-hybridized carbons (Fsp3) is 0.824. The summed E-state index contributed by atoms with van der Waals surface area (Å²) in [5.74, 6) is 0.00382. The standard InChI is InChI=1S/C17H30N6O.2ClH/c1-3-10-22-11-6-14(7-12-22)21(2)17(24)16-13-23(20-19-16)15-4-8-18-9-5-15;;/h13-15,18H,3-12H2,1-2H3;2*1H. The molecular formula is C17H32Cl2N6O. The van der Waals surface area contributed by atoms with Crippen LogP contribution in [0.3, 0.4) is 0 Å². The Bertz CT molecular complexity index is 541. The van der Waals surface area contributed by atoms with Crippen LogP contribution in [0.15, 0.2) is 6.20 Å². The third-order valence-corrected chi connectivity index (χ3v) is 5.38. The highest BCUT2D eigenvalue weighted by molar-refractivity contribution is 5.92. The molecule has 9 heteroatoms. The number of aromatic nitrogens is 3. The second-order valence-corrected chi connectivity index (χ2v) is 7.05. The predicted molar refractivity (Wildman–Crippen MR) is 108 cm³/mol. The molecule has 1 amide bonds. The van der Waals surface area contributed by atoms with E-state index in [0.717, 1.165) is 58.4 Å². The molecule has 0 radical (unpaired) electrons. The summed E-state index contributed by atoms with van der Waals surface area (Å²) in [6, 6.07) is 0.678. The summed E-state index contributed by atoms with van der Waals surface area (Å²) < 4.78 is 1.88. The molecule has 2 aliphatic rings. The van der Waals surface area contributed by atoms with E-state index in [1.165, 1.54) is 6.42 Å². The summed E-state index contributed by atoms with van der Waals surface area (Å²) in [6.07, 6.45) is 7.21. The lowest BCUT2D eigenvalue weighted by atomic mass is 10.0. The molecule has 1 N–H and O–H groups in total. The minimum absolute atomic E-state index is 0. The number of likely N-dealkylation sites (tertiary alicyclic amines) is 1. The number of rotatable bonds is 5. The maximum atomic E-state index is 12.7. The first kappa shape index (κ1) is 23.1. The van der Waals surface area contributed by atoms with Crippen LogP contribution in [0.25, 0.3) is 0 Å². The molecule has 0 unspecified atom stereocenters. The Morgan fingerprint density at radius 2 is 1.88 bits per heavy atom. The molecule has 3 rings (SSSR count). The Morgan fingerprint density at radius 1 is 1.23 bits per heavy atom. The normalized spacial score (nSPS) is 19.5. The van der Waals surface area contributed by atoms with E-state index in [-0.39, 0.29) is 30.7 Å². The third-order valence-electron chi connectivity index (χ3n) is 5.38. The highest BCUT2D eigenvalue weighted by Gasteiger charge is 2.27. The number of piperidine rings is 2. The second-order valence-electron chi connectivity index (χ2n) is 7.05. The topological polar surface area (TPSA) is 66.3 Å². The zero-order valence-electron chi connectivity index (χ0n) is 15.8. The zero-order valence-corrected chi connectivity index (χ0v) is 17.4. The molecule has 26 heavy (non-hydrogen) atoms. The molecule has 1 aromatic heterocycles. The van der Waals surface area contributed by atoms with Gasteiger partial charge in [-0.3, -0.25) is 4.79 Å². The van der Waals surface area contributed by atoms with Crippen molar-refractivity contribution in [2.45, 2.75) is 51.1 Å². The number of carbonyl (C=O) groups excluding carboxylic acids is 1. The first-order valence-electron chi connectivity index (χ1n) is 9.31. The number of hydrogen-bond acceptors (Lipinski definition) is 5. The van der Waals surface area contributed by atoms with Crippen LogP contribution in [0.1, 0.15) is 55.6 Å². The summed E-state index contributed by atoms with van der Waals surface area (Å²) >= 11 is 0. The fourth-order valence-corrected chi connectivity index (χ4v) is 3.82. The van der Waals surface area contributed by atoms with Crippen molar-refractivity contribution in [3.8, 4) is 0 Å². The van der Waals surface area contributed by atoms with Gasteiger partial charge >= 0.3 is 0 Å². The first-order valence-corrected chi connectivity index (χ1v) is 9.31. The van der Waals surface area contributed by atoms with Gasteiger partial charge < -0.3 is 15.1 Å². The quantitative estimate of drug-likeness (QED) is 0.809. The molecule has 0 bridgehead atoms. The zero-order chi connectivity index (χ0) is 16.9. The minimum Gasteiger partial charge on any atom is -0.337 e. The molecule has 1 aromatic rings. The van der Waals surface area contributed by atoms with Crippen molar-refractivity contribution in [1.29, 1.82) is 0 Å². The Hall–Kier alpha value is -0.890. The van der Waals surface area contributed by atoms with Crippen molar-refractivity contribution in [3.05, 3.63) is 11.9 Å². The first-order chi connectivity index (χ1) is 11.7. The molecule has 7 nitrogen and oxygen atoms in total. The monoisotopic (exact) mass is 406 g/mol. The van der Waals surface area contributed by atoms with Gasteiger partial charge in [0.25, 0.3) is 5.91 Å². The van der Waals surface area contributed by atoms with E-state index in [4.69, 9.17) is 0 Å². The van der Waals surface area contributed by atoms with Crippen LogP contribution in [0, 0.1) is 0 Å². The van der Waals surface area contributed by atoms with E-state index in [1.54, 1.807) is 0 Å². The second kappa shape index (κ2) is 11.1. The van der Waals surface area contributed by atoms with E-state index in [9.17, 15) is 4.79 Å². The highest BCUT2D eigenvalue weighted by Crippen LogP contribution is 2.19. The molecule has 2 aliphatic heterocycles. The van der Waals surface area contributed by atoms with Crippen LogP contribution in [-0.2, 0) is 0 Å². The number of nitrogens with zero attached hydrogens (tertiary/aromatic N) is 5. The smallest absolute Gasteiger partial charge is 0.276 e.